The molecule has 0 aliphatic heterocycles. The highest BCUT2D eigenvalue weighted by Gasteiger charge is 2.33. The molecule has 0 spiro atoms. The third-order valence-electron chi connectivity index (χ3n) is 6.39. The average Bonchev–Trinajstić information content (AvgIpc) is 3.25. The van der Waals surface area contributed by atoms with E-state index in [-0.39, 0.29) is 68.0 Å². The number of hydrogen-bond acceptors (Lipinski definition) is 20. The summed E-state index contributed by atoms with van der Waals surface area (Å²) in [4.78, 5) is 74.8. The van der Waals surface area contributed by atoms with Crippen molar-refractivity contribution in [1.29, 1.82) is 21.0 Å². The van der Waals surface area contributed by atoms with Gasteiger partial charge in [0.15, 0.2) is 15.6 Å². The predicted octanol–water partition coefficient (Wildman–Crippen LogP) is 4.70. The molecule has 0 bridgehead atoms. The van der Waals surface area contributed by atoms with Gasteiger partial charge in [0, 0.05) is 39.0 Å². The number of esters is 4. The van der Waals surface area contributed by atoms with E-state index in [2.05, 4.69) is 67.6 Å². The first-order valence-electron chi connectivity index (χ1n) is 18.6. The van der Waals surface area contributed by atoms with E-state index in [0.29, 0.717) is 25.7 Å². The number of halogens is 2. The van der Waals surface area contributed by atoms with Crippen molar-refractivity contribution in [3.8, 4) is 24.3 Å². The van der Waals surface area contributed by atoms with Gasteiger partial charge in [0.1, 0.15) is 41.3 Å². The number of thioether (sulfide) groups is 1. The Balaban J connectivity index is -0.000000242. The smallest absolute Gasteiger partial charge is 0.327 e. The second kappa shape index (κ2) is 44.4. The van der Waals surface area contributed by atoms with Crippen molar-refractivity contribution in [1.82, 2.24) is 0 Å². The van der Waals surface area contributed by atoms with Gasteiger partial charge in [0.2, 0.25) is 0 Å². The molecule has 0 aliphatic carbocycles. The van der Waals surface area contributed by atoms with Crippen LogP contribution in [-0.4, -0.2) is 129 Å². The molecule has 0 aromatic heterocycles. The number of nitrogens with zero attached hydrogens (tertiary/aromatic N) is 4. The number of nitriles is 4. The van der Waals surface area contributed by atoms with Crippen molar-refractivity contribution in [2.24, 2.45) is 0 Å². The molecule has 374 valence electrons. The first-order valence-corrected chi connectivity index (χ1v) is 24.4. The molecule has 5 unspecified atom stereocenters. The van der Waals surface area contributed by atoms with E-state index >= 15 is 0 Å². The molecule has 0 radical (unpaired) electrons. The Morgan fingerprint density at radius 2 is 0.896 bits per heavy atom. The lowest BCUT2D eigenvalue weighted by molar-refractivity contribution is -0.143. The van der Waals surface area contributed by atoms with Gasteiger partial charge in [0.25, 0.3) is 20.2 Å². The number of alkyl halides is 2. The molecule has 23 nitrogen and oxygen atoms in total. The summed E-state index contributed by atoms with van der Waals surface area (Å²) < 4.78 is 79.0. The van der Waals surface area contributed by atoms with Crippen LogP contribution in [0, 0.1) is 45.3 Å². The molecule has 0 aromatic carbocycles. The van der Waals surface area contributed by atoms with Gasteiger partial charge in [-0.25, -0.2) is 0 Å². The highest BCUT2D eigenvalue weighted by atomic mass is 79.9. The quantitative estimate of drug-likeness (QED) is 0.0284. The fraction of sp³-hybridized carbons (Fsp3) is 0.513. The molecule has 0 rings (SSSR count). The average molecular weight is 1140 g/mol. The van der Waals surface area contributed by atoms with E-state index in [1.54, 1.807) is 6.07 Å². The number of carbonyl (C=O) groups excluding carboxylic acids is 5. The summed E-state index contributed by atoms with van der Waals surface area (Å²) >= 11 is 6.91. The lowest BCUT2D eigenvalue weighted by Gasteiger charge is -2.11. The van der Waals surface area contributed by atoms with Crippen LogP contribution in [0.25, 0.3) is 0 Å². The molecule has 0 amide bonds. The highest BCUT2D eigenvalue weighted by molar-refractivity contribution is 9.10. The summed E-state index contributed by atoms with van der Waals surface area (Å²) in [5, 5.41) is 45.2. The topological polar surface area (TPSA) is 401 Å². The van der Waals surface area contributed by atoms with Crippen LogP contribution in [-0.2, 0) is 72.7 Å². The van der Waals surface area contributed by atoms with Crippen LogP contribution in [0.4, 0.5) is 0 Å². The first-order chi connectivity index (χ1) is 31.2. The highest BCUT2D eigenvalue weighted by Crippen LogP contribution is 2.19. The molecule has 67 heavy (non-hydrogen) atoms. The Hall–Kier alpha value is -5.46. The third kappa shape index (κ3) is 45.5. The number of ether oxygens (including phenoxy) is 4. The van der Waals surface area contributed by atoms with Gasteiger partial charge in [0.05, 0.1) is 24.3 Å². The van der Waals surface area contributed by atoms with Gasteiger partial charge in [-0.2, -0.15) is 37.9 Å². The molecule has 0 saturated heterocycles. The zero-order valence-corrected chi connectivity index (χ0v) is 41.7. The van der Waals surface area contributed by atoms with Crippen LogP contribution >= 0.6 is 43.6 Å². The van der Waals surface area contributed by atoms with Crippen LogP contribution in [0.2, 0.25) is 0 Å². The van der Waals surface area contributed by atoms with E-state index in [9.17, 15) is 50.4 Å². The summed E-state index contributed by atoms with van der Waals surface area (Å²) in [7, 11) is -9.19. The lowest BCUT2D eigenvalue weighted by Crippen LogP contribution is -2.32. The zero-order valence-electron chi connectivity index (χ0n) is 36.1. The fourth-order valence-corrected chi connectivity index (χ4v) is 6.25. The van der Waals surface area contributed by atoms with Crippen molar-refractivity contribution >= 4 is 105 Å². The van der Waals surface area contributed by atoms with E-state index in [1.165, 1.54) is 31.2 Å². The minimum Gasteiger partial charge on any atom is -0.481 e. The van der Waals surface area contributed by atoms with Crippen molar-refractivity contribution in [3.05, 3.63) is 50.6 Å². The first kappa shape index (κ1) is 70.6. The summed E-state index contributed by atoms with van der Waals surface area (Å²) in [5.41, 5.74) is 0. The maximum atomic E-state index is 11.4. The normalized spacial score (nSPS) is 12.0. The minimum absolute atomic E-state index is 0.125. The number of rotatable bonds is 27. The van der Waals surface area contributed by atoms with Gasteiger partial charge in [-0.15, -0.1) is 0 Å². The zero-order chi connectivity index (χ0) is 53.0. The Morgan fingerprint density at radius 3 is 1.22 bits per heavy atom. The van der Waals surface area contributed by atoms with E-state index in [0.717, 1.165) is 11.8 Å². The Labute approximate surface area is 410 Å². The molecule has 0 fully saturated rings. The van der Waals surface area contributed by atoms with Crippen molar-refractivity contribution in [2.45, 2.75) is 96.5 Å². The number of hydrogen-bond donors (Lipinski definition) is 4. The molecule has 4 N–H and O–H groups in total. The van der Waals surface area contributed by atoms with Crippen LogP contribution in [0.5, 0.6) is 0 Å². The summed E-state index contributed by atoms with van der Waals surface area (Å²) in [6.45, 7) is 14.7. The van der Waals surface area contributed by atoms with Gasteiger partial charge in [-0.3, -0.25) is 42.7 Å². The minimum atomic E-state index is -4.66. The summed E-state index contributed by atoms with van der Waals surface area (Å²) in [6, 6.07) is 7.42. The van der Waals surface area contributed by atoms with E-state index in [4.69, 9.17) is 49.8 Å². The molecule has 28 heteroatoms. The monoisotopic (exact) mass is 1130 g/mol. The van der Waals surface area contributed by atoms with Crippen molar-refractivity contribution in [3.63, 3.8) is 0 Å². The van der Waals surface area contributed by atoms with Crippen LogP contribution in [0.1, 0.15) is 71.1 Å². The molecule has 5 atom stereocenters. The van der Waals surface area contributed by atoms with E-state index in [1.807, 2.05) is 18.2 Å². The Morgan fingerprint density at radius 1 is 0.567 bits per heavy atom. The second-order valence-electron chi connectivity index (χ2n) is 11.8. The molecule has 0 heterocycles. The van der Waals surface area contributed by atoms with Gasteiger partial charge in [-0.1, -0.05) is 94.2 Å². The largest absolute Gasteiger partial charge is 0.481 e. The van der Waals surface area contributed by atoms with Gasteiger partial charge < -0.3 is 29.2 Å². The maximum Gasteiger partial charge on any atom is 0.327 e. The molecule has 0 aliphatic rings. The number of carboxylic acids is 2. The predicted molar refractivity (Wildman–Crippen MR) is 247 cm³/mol. The summed E-state index contributed by atoms with van der Waals surface area (Å²) in [5.74, 6) is -5.26. The fourth-order valence-electron chi connectivity index (χ4n) is 3.41. The molecular weight excluding hydrogens is 1080 g/mol. The number of carbonyl (C=O) groups is 7. The Bertz CT molecular complexity index is 2010. The maximum absolute atomic E-state index is 11.4. The summed E-state index contributed by atoms with van der Waals surface area (Å²) in [6.07, 6.45) is 5.93. The van der Waals surface area contributed by atoms with Crippen molar-refractivity contribution < 1.29 is 88.7 Å². The molecular formula is C39H52Br2N4O19S3. The lowest BCUT2D eigenvalue weighted by atomic mass is 10.2. The second-order valence-corrected chi connectivity index (χ2v) is 18.6. The van der Waals surface area contributed by atoms with Gasteiger partial charge in [-0.05, 0) is 32.1 Å². The molecule has 0 aromatic rings. The van der Waals surface area contributed by atoms with E-state index < -0.39 is 83.5 Å². The van der Waals surface area contributed by atoms with Gasteiger partial charge >= 0.3 is 35.8 Å². The number of aliphatic carboxylic acids is 2. The third-order valence-corrected chi connectivity index (χ3v) is 11.4. The van der Waals surface area contributed by atoms with Crippen LogP contribution in [0.15, 0.2) is 50.6 Å². The molecule has 0 saturated carbocycles. The SMILES string of the molecule is C=CCOC(=O)C(Br)CCC#N.C=CCOC(=O)C(CCC#N)S(=O)(=O)O.C=CCOC(=O)C(CCC#N)SC(C)=O.C=CCOC(=O)C(CCC(=O)O)S(=O)(=O)O.N#CCCC(Br)C(=O)O. The van der Waals surface area contributed by atoms with Crippen LogP contribution in [0.3, 0.4) is 0 Å². The number of carboxylic acid groups (broad SMARTS) is 2. The van der Waals surface area contributed by atoms with Crippen LogP contribution < -0.4 is 0 Å². The standard InChI is InChI=1S/C10H13NO3S.C8H10BrNO2.C8H11NO5S.C8H12O7S.C5H6BrNO2/c1-3-7-14-10(13)9(5-4-6-11)15-8(2)12;1-2-6-12-8(11)7(9)4-3-5-10;1-2-6-14-8(10)7(4-3-5-9)15(11,12)13;1-2-5-15-8(11)6(16(12,13)14)3-4-7(9)10;6-4(5(8)9)2-1-3-7/h3,9H,1,4-5,7H2,2H3;2,7H,1,3-4,6H2;2,7H,1,3-4,6H2,(H,11,12,13);2,6H,1,3-5H2,(H,9,10)(H,12,13,14);4H,1-2H2,(H,8,9). The Kier molecular flexibility index (Phi) is 46.7. The van der Waals surface area contributed by atoms with Crippen molar-refractivity contribution in [2.75, 3.05) is 26.4 Å².